The second-order valence-corrected chi connectivity index (χ2v) is 4.67. The van der Waals surface area contributed by atoms with E-state index in [9.17, 15) is 14.5 Å². The van der Waals surface area contributed by atoms with Crippen molar-refractivity contribution in [2.75, 3.05) is 0 Å². The van der Waals surface area contributed by atoms with Crippen molar-refractivity contribution in [1.29, 1.82) is 0 Å². The summed E-state index contributed by atoms with van der Waals surface area (Å²) in [5.74, 6) is -0.341. The SMILES string of the molecule is CC(N)=CC(=Nc1ccc([N+](=O)[O-])cc1)c1ccc(F)cc1. The van der Waals surface area contributed by atoms with Gasteiger partial charge in [-0.15, -0.1) is 0 Å². The largest absolute Gasteiger partial charge is 0.402 e. The zero-order chi connectivity index (χ0) is 16.1. The zero-order valence-corrected chi connectivity index (χ0v) is 11.9. The second-order valence-electron chi connectivity index (χ2n) is 4.67. The Balaban J connectivity index is 2.42. The number of nitro groups is 1. The number of non-ortho nitro benzene ring substituents is 1. The number of nitrogens with zero attached hydrogens (tertiary/aromatic N) is 2. The van der Waals surface area contributed by atoms with E-state index in [0.717, 1.165) is 0 Å². The molecule has 2 N–H and O–H groups in total. The average molecular weight is 299 g/mol. The van der Waals surface area contributed by atoms with Crippen molar-refractivity contribution >= 4 is 17.1 Å². The summed E-state index contributed by atoms with van der Waals surface area (Å²) < 4.78 is 13.0. The van der Waals surface area contributed by atoms with Gasteiger partial charge in [0.1, 0.15) is 5.82 Å². The Labute approximate surface area is 126 Å². The molecule has 2 aromatic carbocycles. The normalized spacial score (nSPS) is 12.3. The highest BCUT2D eigenvalue weighted by molar-refractivity contribution is 6.10. The van der Waals surface area contributed by atoms with Gasteiger partial charge in [0.25, 0.3) is 5.69 Å². The molecule has 0 aromatic heterocycles. The molecule has 112 valence electrons. The van der Waals surface area contributed by atoms with Crippen molar-refractivity contribution < 1.29 is 9.31 Å². The predicted octanol–water partition coefficient (Wildman–Crippen LogP) is 3.72. The summed E-state index contributed by atoms with van der Waals surface area (Å²) in [7, 11) is 0. The molecule has 22 heavy (non-hydrogen) atoms. The lowest BCUT2D eigenvalue weighted by atomic mass is 10.1. The van der Waals surface area contributed by atoms with Crippen LogP contribution in [0.4, 0.5) is 15.8 Å². The molecule has 0 fully saturated rings. The number of allylic oxidation sites excluding steroid dienone is 2. The van der Waals surface area contributed by atoms with Gasteiger partial charge in [-0.25, -0.2) is 9.38 Å². The fourth-order valence-electron chi connectivity index (χ4n) is 1.80. The van der Waals surface area contributed by atoms with Gasteiger partial charge < -0.3 is 5.73 Å². The third kappa shape index (κ3) is 3.99. The number of nitrogens with two attached hydrogens (primary N) is 1. The summed E-state index contributed by atoms with van der Waals surface area (Å²) in [5.41, 5.74) is 8.03. The van der Waals surface area contributed by atoms with E-state index in [2.05, 4.69) is 4.99 Å². The zero-order valence-electron chi connectivity index (χ0n) is 11.9. The highest BCUT2D eigenvalue weighted by atomic mass is 19.1. The Hall–Kier alpha value is -3.02. The Morgan fingerprint density at radius 1 is 1.18 bits per heavy atom. The van der Waals surface area contributed by atoms with Gasteiger partial charge in [-0.1, -0.05) is 0 Å². The molecule has 0 aliphatic heterocycles. The van der Waals surface area contributed by atoms with E-state index in [0.29, 0.717) is 22.7 Å². The molecule has 0 bridgehead atoms. The molecule has 0 atom stereocenters. The van der Waals surface area contributed by atoms with Gasteiger partial charge in [0, 0.05) is 23.4 Å². The molecule has 0 saturated carbocycles. The second kappa shape index (κ2) is 6.62. The molecule has 0 aliphatic rings. The van der Waals surface area contributed by atoms with Gasteiger partial charge >= 0.3 is 0 Å². The summed E-state index contributed by atoms with van der Waals surface area (Å²) in [4.78, 5) is 14.6. The molecular formula is C16H14FN3O2. The van der Waals surface area contributed by atoms with Gasteiger partial charge in [-0.3, -0.25) is 10.1 Å². The van der Waals surface area contributed by atoms with Crippen molar-refractivity contribution in [3.8, 4) is 0 Å². The minimum atomic E-state index is -0.474. The average Bonchev–Trinajstić information content (AvgIpc) is 2.47. The fourth-order valence-corrected chi connectivity index (χ4v) is 1.80. The Bertz CT molecular complexity index is 731. The number of hydrogen-bond acceptors (Lipinski definition) is 4. The summed E-state index contributed by atoms with van der Waals surface area (Å²) in [6.07, 6.45) is 1.66. The number of hydrogen-bond donors (Lipinski definition) is 1. The van der Waals surface area contributed by atoms with Crippen LogP contribution in [0, 0.1) is 15.9 Å². The van der Waals surface area contributed by atoms with Gasteiger partial charge in [-0.2, -0.15) is 0 Å². The molecule has 0 radical (unpaired) electrons. The maximum absolute atomic E-state index is 13.0. The highest BCUT2D eigenvalue weighted by Gasteiger charge is 2.05. The fraction of sp³-hybridized carbons (Fsp3) is 0.0625. The van der Waals surface area contributed by atoms with Crippen LogP contribution in [0.2, 0.25) is 0 Å². The van der Waals surface area contributed by atoms with Crippen molar-refractivity contribution in [2.24, 2.45) is 10.7 Å². The van der Waals surface area contributed by atoms with Crippen molar-refractivity contribution in [2.45, 2.75) is 6.92 Å². The molecule has 5 nitrogen and oxygen atoms in total. The van der Waals surface area contributed by atoms with Gasteiger partial charge in [-0.05, 0) is 49.4 Å². The quantitative estimate of drug-likeness (QED) is 0.530. The summed E-state index contributed by atoms with van der Waals surface area (Å²) in [6, 6.07) is 11.7. The third-order valence-electron chi connectivity index (χ3n) is 2.81. The van der Waals surface area contributed by atoms with Crippen molar-refractivity contribution in [1.82, 2.24) is 0 Å². The van der Waals surface area contributed by atoms with Crippen LogP contribution in [-0.4, -0.2) is 10.6 Å². The van der Waals surface area contributed by atoms with E-state index in [1.807, 2.05) is 0 Å². The number of aliphatic imine (C=N–C) groups is 1. The molecule has 0 spiro atoms. The molecule has 0 heterocycles. The summed E-state index contributed by atoms with van der Waals surface area (Å²) in [6.45, 7) is 1.72. The first-order valence-electron chi connectivity index (χ1n) is 6.48. The summed E-state index contributed by atoms with van der Waals surface area (Å²) >= 11 is 0. The van der Waals surface area contributed by atoms with Crippen LogP contribution < -0.4 is 5.73 Å². The molecule has 6 heteroatoms. The molecule has 0 unspecified atom stereocenters. The first-order valence-corrected chi connectivity index (χ1v) is 6.48. The lowest BCUT2D eigenvalue weighted by Gasteiger charge is -2.04. The lowest BCUT2D eigenvalue weighted by Crippen LogP contribution is -2.01. The minimum Gasteiger partial charge on any atom is -0.402 e. The van der Waals surface area contributed by atoms with Crippen LogP contribution in [0.15, 0.2) is 65.3 Å². The first kappa shape index (κ1) is 15.4. The Morgan fingerprint density at radius 2 is 1.77 bits per heavy atom. The Morgan fingerprint density at radius 3 is 2.27 bits per heavy atom. The smallest absolute Gasteiger partial charge is 0.269 e. The van der Waals surface area contributed by atoms with Crippen LogP contribution in [0.3, 0.4) is 0 Å². The monoisotopic (exact) mass is 299 g/mol. The van der Waals surface area contributed by atoms with Crippen molar-refractivity contribution in [3.05, 3.63) is 81.8 Å². The van der Waals surface area contributed by atoms with Crippen LogP contribution in [0.1, 0.15) is 12.5 Å². The Kier molecular flexibility index (Phi) is 4.63. The van der Waals surface area contributed by atoms with Crippen LogP contribution in [0.25, 0.3) is 0 Å². The predicted molar refractivity (Wildman–Crippen MR) is 83.6 cm³/mol. The van der Waals surface area contributed by atoms with Gasteiger partial charge in [0.2, 0.25) is 0 Å². The van der Waals surface area contributed by atoms with E-state index in [1.54, 1.807) is 37.3 Å². The van der Waals surface area contributed by atoms with E-state index in [-0.39, 0.29) is 11.5 Å². The molecule has 0 aliphatic carbocycles. The molecule has 0 amide bonds. The number of halogens is 1. The van der Waals surface area contributed by atoms with E-state index >= 15 is 0 Å². The van der Waals surface area contributed by atoms with Gasteiger partial charge in [0.05, 0.1) is 16.3 Å². The standard InChI is InChI=1S/C16H14FN3O2/c1-11(18)10-16(12-2-4-13(17)5-3-12)19-14-6-8-15(9-7-14)20(21)22/h2-10H,18H2,1H3. The van der Waals surface area contributed by atoms with E-state index in [4.69, 9.17) is 5.73 Å². The van der Waals surface area contributed by atoms with E-state index < -0.39 is 4.92 Å². The van der Waals surface area contributed by atoms with Crippen LogP contribution in [0.5, 0.6) is 0 Å². The topological polar surface area (TPSA) is 81.5 Å². The number of benzene rings is 2. The van der Waals surface area contributed by atoms with Gasteiger partial charge in [0.15, 0.2) is 0 Å². The number of nitro benzene ring substituents is 1. The molecule has 2 aromatic rings. The maximum atomic E-state index is 13.0. The maximum Gasteiger partial charge on any atom is 0.269 e. The van der Waals surface area contributed by atoms with Crippen LogP contribution >= 0.6 is 0 Å². The van der Waals surface area contributed by atoms with Crippen LogP contribution in [-0.2, 0) is 0 Å². The lowest BCUT2D eigenvalue weighted by molar-refractivity contribution is -0.384. The minimum absolute atomic E-state index is 0.00664. The number of rotatable bonds is 4. The third-order valence-corrected chi connectivity index (χ3v) is 2.81. The highest BCUT2D eigenvalue weighted by Crippen LogP contribution is 2.20. The van der Waals surface area contributed by atoms with E-state index in [1.165, 1.54) is 24.3 Å². The summed E-state index contributed by atoms with van der Waals surface area (Å²) in [5, 5.41) is 10.6. The van der Waals surface area contributed by atoms with Crippen molar-refractivity contribution in [3.63, 3.8) is 0 Å². The first-order chi connectivity index (χ1) is 10.5. The molecular weight excluding hydrogens is 285 g/mol. The molecule has 0 saturated heterocycles. The molecule has 2 rings (SSSR count).